The number of piperidine rings is 1. The molecule has 3 heterocycles. The lowest BCUT2D eigenvalue weighted by atomic mass is 9.83. The van der Waals surface area contributed by atoms with E-state index in [1.807, 2.05) is 4.90 Å². The maximum atomic E-state index is 12.5. The molecule has 0 saturated carbocycles. The van der Waals surface area contributed by atoms with Crippen molar-refractivity contribution in [2.75, 3.05) is 32.7 Å². The first kappa shape index (κ1) is 16.4. The first-order valence-corrected chi connectivity index (χ1v) is 8.92. The summed E-state index contributed by atoms with van der Waals surface area (Å²) in [5.74, 6) is 2.32. The molecule has 1 atom stereocenters. The summed E-state index contributed by atoms with van der Waals surface area (Å²) >= 11 is 0. The van der Waals surface area contributed by atoms with E-state index in [1.54, 1.807) is 18.5 Å². The molecule has 1 aromatic rings. The fraction of sp³-hybridized carbons (Fsp3) is 0.722. The van der Waals surface area contributed by atoms with Crippen molar-refractivity contribution in [2.45, 2.75) is 33.1 Å². The van der Waals surface area contributed by atoms with Crippen molar-refractivity contribution in [2.24, 2.45) is 17.8 Å². The third-order valence-electron chi connectivity index (χ3n) is 5.27. The second kappa shape index (κ2) is 7.39. The zero-order chi connectivity index (χ0) is 16.2. The Hall–Kier alpha value is -1.49. The summed E-state index contributed by atoms with van der Waals surface area (Å²) in [6.45, 7) is 10.1. The SMILES string of the molecule is CC(C)CN1CCC(C2CCN(C(=O)c3ccnnc3)C2)CC1. The van der Waals surface area contributed by atoms with Gasteiger partial charge in [-0.1, -0.05) is 13.8 Å². The fourth-order valence-corrected chi connectivity index (χ4v) is 4.08. The molecule has 1 amide bonds. The van der Waals surface area contributed by atoms with E-state index >= 15 is 0 Å². The van der Waals surface area contributed by atoms with E-state index in [0.717, 1.165) is 31.3 Å². The molecule has 0 N–H and O–H groups in total. The molecule has 2 fully saturated rings. The van der Waals surface area contributed by atoms with Crippen LogP contribution in [0.25, 0.3) is 0 Å². The number of rotatable bonds is 4. The van der Waals surface area contributed by atoms with Gasteiger partial charge in [0.1, 0.15) is 0 Å². The summed E-state index contributed by atoms with van der Waals surface area (Å²) in [5, 5.41) is 7.56. The number of likely N-dealkylation sites (tertiary alicyclic amines) is 2. The van der Waals surface area contributed by atoms with Gasteiger partial charge in [-0.05, 0) is 56.2 Å². The van der Waals surface area contributed by atoms with Gasteiger partial charge in [-0.2, -0.15) is 10.2 Å². The van der Waals surface area contributed by atoms with Gasteiger partial charge in [0.05, 0.1) is 18.0 Å². The average molecular weight is 316 g/mol. The molecule has 1 unspecified atom stereocenters. The molecule has 23 heavy (non-hydrogen) atoms. The highest BCUT2D eigenvalue weighted by Crippen LogP contribution is 2.32. The minimum absolute atomic E-state index is 0.111. The van der Waals surface area contributed by atoms with Crippen LogP contribution in [0, 0.1) is 17.8 Å². The highest BCUT2D eigenvalue weighted by Gasteiger charge is 2.34. The van der Waals surface area contributed by atoms with E-state index in [-0.39, 0.29) is 5.91 Å². The van der Waals surface area contributed by atoms with Crippen LogP contribution < -0.4 is 0 Å². The lowest BCUT2D eigenvalue weighted by Gasteiger charge is -2.35. The van der Waals surface area contributed by atoms with Crippen LogP contribution in [0.2, 0.25) is 0 Å². The normalized spacial score (nSPS) is 23.6. The zero-order valence-electron chi connectivity index (χ0n) is 14.3. The minimum Gasteiger partial charge on any atom is -0.338 e. The van der Waals surface area contributed by atoms with Gasteiger partial charge in [0.25, 0.3) is 5.91 Å². The number of hydrogen-bond acceptors (Lipinski definition) is 4. The second-order valence-corrected chi connectivity index (χ2v) is 7.46. The van der Waals surface area contributed by atoms with Crippen LogP contribution in [0.3, 0.4) is 0 Å². The van der Waals surface area contributed by atoms with Crippen LogP contribution in [0.5, 0.6) is 0 Å². The quantitative estimate of drug-likeness (QED) is 0.855. The van der Waals surface area contributed by atoms with Gasteiger partial charge in [0, 0.05) is 19.6 Å². The van der Waals surface area contributed by atoms with Crippen LogP contribution in [-0.2, 0) is 0 Å². The van der Waals surface area contributed by atoms with Gasteiger partial charge in [0.15, 0.2) is 0 Å². The van der Waals surface area contributed by atoms with Gasteiger partial charge in [-0.25, -0.2) is 0 Å². The van der Waals surface area contributed by atoms with Crippen LogP contribution in [0.15, 0.2) is 18.5 Å². The van der Waals surface area contributed by atoms with Gasteiger partial charge in [0.2, 0.25) is 0 Å². The first-order valence-electron chi connectivity index (χ1n) is 8.92. The zero-order valence-corrected chi connectivity index (χ0v) is 14.3. The number of carbonyl (C=O) groups excluding carboxylic acids is 1. The van der Waals surface area contributed by atoms with Crippen LogP contribution in [0.1, 0.15) is 43.5 Å². The molecule has 2 saturated heterocycles. The maximum absolute atomic E-state index is 12.5. The van der Waals surface area contributed by atoms with E-state index in [2.05, 4.69) is 28.9 Å². The molecule has 0 spiro atoms. The van der Waals surface area contributed by atoms with E-state index in [1.165, 1.54) is 32.5 Å². The van der Waals surface area contributed by atoms with Gasteiger partial charge >= 0.3 is 0 Å². The standard InChI is InChI=1S/C18H28N4O/c1-14(2)12-21-8-4-15(5-9-21)17-6-10-22(13-17)18(23)16-3-7-19-20-11-16/h3,7,11,14-15,17H,4-6,8-10,12-13H2,1-2H3. The molecule has 0 bridgehead atoms. The molecular formula is C18H28N4O. The molecule has 2 aliphatic rings. The van der Waals surface area contributed by atoms with E-state index in [4.69, 9.17) is 0 Å². The summed E-state index contributed by atoms with van der Waals surface area (Å²) in [5.41, 5.74) is 0.660. The molecule has 5 nitrogen and oxygen atoms in total. The molecule has 2 aliphatic heterocycles. The predicted octanol–water partition coefficient (Wildman–Crippen LogP) is 2.31. The van der Waals surface area contributed by atoms with Gasteiger partial charge in [-0.15, -0.1) is 0 Å². The van der Waals surface area contributed by atoms with Crippen molar-refractivity contribution in [3.8, 4) is 0 Å². The van der Waals surface area contributed by atoms with Crippen molar-refractivity contribution in [3.63, 3.8) is 0 Å². The molecule has 0 radical (unpaired) electrons. The molecule has 3 rings (SSSR count). The van der Waals surface area contributed by atoms with E-state index in [0.29, 0.717) is 11.5 Å². The molecule has 126 valence electrons. The maximum Gasteiger partial charge on any atom is 0.255 e. The predicted molar refractivity (Wildman–Crippen MR) is 90.0 cm³/mol. The number of amides is 1. The molecule has 0 aromatic carbocycles. The Kier molecular flexibility index (Phi) is 5.26. The lowest BCUT2D eigenvalue weighted by molar-refractivity contribution is 0.0771. The Bertz CT molecular complexity index is 511. The van der Waals surface area contributed by atoms with Gasteiger partial charge < -0.3 is 9.80 Å². The molecule has 5 heteroatoms. The average Bonchev–Trinajstić information content (AvgIpc) is 3.05. The van der Waals surface area contributed by atoms with E-state index in [9.17, 15) is 4.79 Å². The number of aromatic nitrogens is 2. The largest absolute Gasteiger partial charge is 0.338 e. The highest BCUT2D eigenvalue weighted by molar-refractivity contribution is 5.93. The smallest absolute Gasteiger partial charge is 0.255 e. The van der Waals surface area contributed by atoms with E-state index < -0.39 is 0 Å². The summed E-state index contributed by atoms with van der Waals surface area (Å²) in [4.78, 5) is 17.1. The van der Waals surface area contributed by atoms with Crippen molar-refractivity contribution in [1.82, 2.24) is 20.0 Å². The topological polar surface area (TPSA) is 49.3 Å². The Labute approximate surface area is 139 Å². The third kappa shape index (κ3) is 4.08. The summed E-state index contributed by atoms with van der Waals surface area (Å²) in [6.07, 6.45) is 6.89. The number of nitrogens with zero attached hydrogens (tertiary/aromatic N) is 4. The summed E-state index contributed by atoms with van der Waals surface area (Å²) < 4.78 is 0. The summed E-state index contributed by atoms with van der Waals surface area (Å²) in [7, 11) is 0. The Morgan fingerprint density at radius 3 is 2.57 bits per heavy atom. The van der Waals surface area contributed by atoms with Gasteiger partial charge in [-0.3, -0.25) is 4.79 Å². The fourth-order valence-electron chi connectivity index (χ4n) is 4.08. The minimum atomic E-state index is 0.111. The lowest BCUT2D eigenvalue weighted by Crippen LogP contribution is -2.39. The van der Waals surface area contributed by atoms with Crippen LogP contribution in [0.4, 0.5) is 0 Å². The van der Waals surface area contributed by atoms with Crippen molar-refractivity contribution >= 4 is 5.91 Å². The number of hydrogen-bond donors (Lipinski definition) is 0. The van der Waals surface area contributed by atoms with Crippen molar-refractivity contribution < 1.29 is 4.79 Å². The Morgan fingerprint density at radius 2 is 1.91 bits per heavy atom. The molecular weight excluding hydrogens is 288 g/mol. The molecule has 0 aliphatic carbocycles. The summed E-state index contributed by atoms with van der Waals surface area (Å²) in [6, 6.07) is 1.76. The third-order valence-corrected chi connectivity index (χ3v) is 5.27. The number of carbonyl (C=O) groups is 1. The highest BCUT2D eigenvalue weighted by atomic mass is 16.2. The monoisotopic (exact) mass is 316 g/mol. The van der Waals surface area contributed by atoms with Crippen molar-refractivity contribution in [3.05, 3.63) is 24.0 Å². The first-order chi connectivity index (χ1) is 11.1. The van der Waals surface area contributed by atoms with Crippen LogP contribution in [-0.4, -0.2) is 58.6 Å². The van der Waals surface area contributed by atoms with Crippen LogP contribution >= 0.6 is 0 Å². The second-order valence-electron chi connectivity index (χ2n) is 7.46. The Morgan fingerprint density at radius 1 is 1.17 bits per heavy atom. The Balaban J connectivity index is 1.50. The van der Waals surface area contributed by atoms with Crippen molar-refractivity contribution in [1.29, 1.82) is 0 Å². The molecule has 1 aromatic heterocycles.